The Bertz CT molecular complexity index is 940. The quantitative estimate of drug-likeness (QED) is 0.278. The van der Waals surface area contributed by atoms with Crippen LogP contribution in [0.25, 0.3) is 0 Å². The minimum atomic E-state index is -0.285. The highest BCUT2D eigenvalue weighted by atomic mass is 32.1. The summed E-state index contributed by atoms with van der Waals surface area (Å²) in [6, 6.07) is 8.28. The normalized spacial score (nSPS) is 15.3. The number of fused-ring (bicyclic) bond motifs is 1. The molecule has 1 aliphatic heterocycles. The number of rotatable bonds is 13. The molecular formula is C29H41FN2O2S. The Hall–Kier alpha value is -2.21. The molecule has 1 atom stereocenters. The molecule has 1 unspecified atom stereocenters. The first-order valence-corrected chi connectivity index (χ1v) is 14.2. The average molecular weight is 501 g/mol. The molecule has 1 aliphatic rings. The molecule has 192 valence electrons. The lowest BCUT2D eigenvalue weighted by molar-refractivity contribution is -0.142. The highest BCUT2D eigenvalue weighted by Crippen LogP contribution is 2.38. The van der Waals surface area contributed by atoms with Crippen molar-refractivity contribution < 1.29 is 14.0 Å². The van der Waals surface area contributed by atoms with Crippen molar-refractivity contribution in [3.8, 4) is 0 Å². The van der Waals surface area contributed by atoms with Crippen molar-refractivity contribution in [1.29, 1.82) is 0 Å². The number of amides is 2. The predicted molar refractivity (Wildman–Crippen MR) is 142 cm³/mol. The predicted octanol–water partition coefficient (Wildman–Crippen LogP) is 6.99. The van der Waals surface area contributed by atoms with Crippen molar-refractivity contribution >= 4 is 23.2 Å². The van der Waals surface area contributed by atoms with E-state index in [4.69, 9.17) is 0 Å². The number of nitrogens with zero attached hydrogens (tertiary/aromatic N) is 2. The van der Waals surface area contributed by atoms with E-state index in [9.17, 15) is 14.0 Å². The number of hydrogen-bond donors (Lipinski definition) is 0. The lowest BCUT2D eigenvalue weighted by Crippen LogP contribution is -2.47. The average Bonchev–Trinajstić information content (AvgIpc) is 3.31. The fraction of sp³-hybridized carbons (Fsp3) is 0.586. The zero-order chi connectivity index (χ0) is 25.2. The topological polar surface area (TPSA) is 40.6 Å². The zero-order valence-electron chi connectivity index (χ0n) is 21.6. The van der Waals surface area contributed by atoms with E-state index in [-0.39, 0.29) is 30.2 Å². The van der Waals surface area contributed by atoms with Gasteiger partial charge in [0.1, 0.15) is 5.82 Å². The molecule has 1 aromatic heterocycles. The van der Waals surface area contributed by atoms with E-state index in [1.54, 1.807) is 28.4 Å². The van der Waals surface area contributed by atoms with E-state index < -0.39 is 0 Å². The first kappa shape index (κ1) is 27.4. The van der Waals surface area contributed by atoms with Gasteiger partial charge in [-0.25, -0.2) is 4.39 Å². The minimum absolute atomic E-state index is 0.0373. The maximum atomic E-state index is 13.6. The number of unbranched alkanes of at least 4 members (excludes halogenated alkanes) is 6. The molecule has 0 saturated carbocycles. The lowest BCUT2D eigenvalue weighted by atomic mass is 9.93. The van der Waals surface area contributed by atoms with Gasteiger partial charge in [0.2, 0.25) is 11.8 Å². The molecular weight excluding hydrogens is 459 g/mol. The molecule has 3 rings (SSSR count). The number of hydrogen-bond acceptors (Lipinski definition) is 3. The summed E-state index contributed by atoms with van der Waals surface area (Å²) >= 11 is 1.71. The molecule has 6 heteroatoms. The van der Waals surface area contributed by atoms with E-state index in [1.165, 1.54) is 49.1 Å². The van der Waals surface area contributed by atoms with Crippen LogP contribution in [0.5, 0.6) is 0 Å². The van der Waals surface area contributed by atoms with Crippen molar-refractivity contribution in [3.05, 3.63) is 57.5 Å². The van der Waals surface area contributed by atoms with Crippen LogP contribution in [0, 0.1) is 11.7 Å². The first-order valence-electron chi connectivity index (χ1n) is 13.3. The van der Waals surface area contributed by atoms with Gasteiger partial charge in [0.05, 0.1) is 12.6 Å². The van der Waals surface area contributed by atoms with Gasteiger partial charge in [0, 0.05) is 24.4 Å². The molecule has 35 heavy (non-hydrogen) atoms. The summed E-state index contributed by atoms with van der Waals surface area (Å²) in [6.45, 7) is 7.67. The first-order chi connectivity index (χ1) is 16.9. The van der Waals surface area contributed by atoms with Gasteiger partial charge in [0.15, 0.2) is 0 Å². The Morgan fingerprint density at radius 1 is 1.06 bits per heavy atom. The van der Waals surface area contributed by atoms with Crippen LogP contribution >= 0.6 is 11.3 Å². The lowest BCUT2D eigenvalue weighted by Gasteiger charge is -2.38. The largest absolute Gasteiger partial charge is 0.333 e. The summed E-state index contributed by atoms with van der Waals surface area (Å²) in [5, 5.41) is 2.06. The van der Waals surface area contributed by atoms with E-state index in [0.717, 1.165) is 30.4 Å². The van der Waals surface area contributed by atoms with Crippen molar-refractivity contribution in [2.45, 2.75) is 84.6 Å². The number of carbonyl (C=O) groups is 2. The van der Waals surface area contributed by atoms with Crippen molar-refractivity contribution in [2.24, 2.45) is 5.92 Å². The molecule has 0 saturated heterocycles. The maximum absolute atomic E-state index is 13.6. The Kier molecular flexibility index (Phi) is 10.8. The Labute approximate surface area is 214 Å². The third kappa shape index (κ3) is 7.89. The van der Waals surface area contributed by atoms with Gasteiger partial charge >= 0.3 is 0 Å². The summed E-state index contributed by atoms with van der Waals surface area (Å²) in [6.07, 6.45) is 9.47. The third-order valence-electron chi connectivity index (χ3n) is 6.73. The summed E-state index contributed by atoms with van der Waals surface area (Å²) in [5.41, 5.74) is 2.02. The molecule has 0 aliphatic carbocycles. The Balaban J connectivity index is 1.66. The molecule has 0 radical (unpaired) electrons. The standard InChI is InChI=1S/C29H41FN2O2S/c1-4-5-6-7-8-9-10-11-27(33)31(20-22(2)3)21-28(34)32-18-16-26-25(17-19-35-26)29(32)23-12-14-24(30)15-13-23/h12-15,17,19,22,29H,4-11,16,18,20-21H2,1-3H3. The van der Waals surface area contributed by atoms with Crippen LogP contribution in [0.15, 0.2) is 35.7 Å². The summed E-state index contributed by atoms with van der Waals surface area (Å²) in [4.78, 5) is 31.6. The van der Waals surface area contributed by atoms with Crippen LogP contribution in [0.1, 0.15) is 94.2 Å². The molecule has 2 heterocycles. The number of halogens is 1. The molecule has 2 aromatic rings. The van der Waals surface area contributed by atoms with Gasteiger partial charge in [0.25, 0.3) is 0 Å². The van der Waals surface area contributed by atoms with Gasteiger partial charge < -0.3 is 9.80 Å². The SMILES string of the molecule is CCCCCCCCCC(=O)N(CC(=O)N1CCc2sccc2C1c1ccc(F)cc1)CC(C)C. The summed E-state index contributed by atoms with van der Waals surface area (Å²) in [7, 11) is 0. The maximum Gasteiger partial charge on any atom is 0.242 e. The van der Waals surface area contributed by atoms with E-state index in [1.807, 2.05) is 4.90 Å². The fourth-order valence-electron chi connectivity index (χ4n) is 4.93. The molecule has 0 N–H and O–H groups in total. The highest BCUT2D eigenvalue weighted by molar-refractivity contribution is 7.10. The summed E-state index contributed by atoms with van der Waals surface area (Å²) in [5.74, 6) is 0.0440. The summed E-state index contributed by atoms with van der Waals surface area (Å²) < 4.78 is 13.6. The zero-order valence-corrected chi connectivity index (χ0v) is 22.4. The van der Waals surface area contributed by atoms with Gasteiger partial charge in [-0.1, -0.05) is 71.4 Å². The Morgan fingerprint density at radius 3 is 2.43 bits per heavy atom. The molecule has 0 spiro atoms. The van der Waals surface area contributed by atoms with Gasteiger partial charge in [-0.15, -0.1) is 11.3 Å². The second kappa shape index (κ2) is 13.8. The van der Waals surface area contributed by atoms with Crippen molar-refractivity contribution in [2.75, 3.05) is 19.6 Å². The second-order valence-electron chi connectivity index (χ2n) is 10.1. The number of carbonyl (C=O) groups excluding carboxylic acids is 2. The van der Waals surface area contributed by atoms with E-state index in [2.05, 4.69) is 32.2 Å². The van der Waals surface area contributed by atoms with Crippen molar-refractivity contribution in [3.63, 3.8) is 0 Å². The van der Waals surface area contributed by atoms with Crippen LogP contribution in [-0.2, 0) is 16.0 Å². The van der Waals surface area contributed by atoms with Crippen LogP contribution in [0.2, 0.25) is 0 Å². The molecule has 4 nitrogen and oxygen atoms in total. The minimum Gasteiger partial charge on any atom is -0.333 e. The van der Waals surface area contributed by atoms with Gasteiger partial charge in [-0.2, -0.15) is 0 Å². The van der Waals surface area contributed by atoms with Crippen LogP contribution < -0.4 is 0 Å². The number of benzene rings is 1. The van der Waals surface area contributed by atoms with Gasteiger partial charge in [-0.3, -0.25) is 9.59 Å². The molecule has 0 bridgehead atoms. The van der Waals surface area contributed by atoms with E-state index >= 15 is 0 Å². The monoisotopic (exact) mass is 500 g/mol. The Morgan fingerprint density at radius 2 is 1.74 bits per heavy atom. The van der Waals surface area contributed by atoms with Crippen LogP contribution in [-0.4, -0.2) is 41.2 Å². The van der Waals surface area contributed by atoms with Crippen LogP contribution in [0.3, 0.4) is 0 Å². The van der Waals surface area contributed by atoms with Gasteiger partial charge in [-0.05, 0) is 53.5 Å². The van der Waals surface area contributed by atoms with E-state index in [0.29, 0.717) is 25.4 Å². The molecule has 1 aromatic carbocycles. The molecule has 2 amide bonds. The van der Waals surface area contributed by atoms with Crippen LogP contribution in [0.4, 0.5) is 4.39 Å². The number of thiophene rings is 1. The molecule has 0 fully saturated rings. The fourth-order valence-corrected chi connectivity index (χ4v) is 5.83. The third-order valence-corrected chi connectivity index (χ3v) is 7.73. The van der Waals surface area contributed by atoms with Crippen molar-refractivity contribution in [1.82, 2.24) is 9.80 Å². The highest BCUT2D eigenvalue weighted by Gasteiger charge is 2.34. The smallest absolute Gasteiger partial charge is 0.242 e. The second-order valence-corrected chi connectivity index (χ2v) is 11.1.